The zero-order valence-corrected chi connectivity index (χ0v) is 18.6. The average Bonchev–Trinajstić information content (AvgIpc) is 3.09. The summed E-state index contributed by atoms with van der Waals surface area (Å²) in [5.74, 6) is -1.78. The smallest absolute Gasteiger partial charge is 0.295 e. The number of rotatable bonds is 6. The van der Waals surface area contributed by atoms with Crippen LogP contribution in [0.1, 0.15) is 22.7 Å². The van der Waals surface area contributed by atoms with Crippen LogP contribution in [-0.4, -0.2) is 35.4 Å². The Labute approximate surface area is 195 Å². The second-order valence-electron chi connectivity index (χ2n) is 7.63. The van der Waals surface area contributed by atoms with Crippen LogP contribution in [0.25, 0.3) is 5.76 Å². The number of carbonyl (C=O) groups excluding carboxylic acids is 2. The summed E-state index contributed by atoms with van der Waals surface area (Å²) in [4.78, 5) is 27.5. The van der Waals surface area contributed by atoms with E-state index >= 15 is 0 Å². The van der Waals surface area contributed by atoms with Gasteiger partial charge in [-0.15, -0.1) is 0 Å². The van der Waals surface area contributed by atoms with Crippen LogP contribution in [0.2, 0.25) is 5.02 Å². The quantitative estimate of drug-likeness (QED) is 0.310. The Hall–Kier alpha value is -3.64. The van der Waals surface area contributed by atoms with Crippen molar-refractivity contribution in [2.75, 3.05) is 13.7 Å². The van der Waals surface area contributed by atoms with Crippen LogP contribution < -0.4 is 4.74 Å². The zero-order valence-electron chi connectivity index (χ0n) is 17.8. The lowest BCUT2D eigenvalue weighted by Crippen LogP contribution is -2.31. The zero-order chi connectivity index (χ0) is 23.5. The van der Waals surface area contributed by atoms with Crippen molar-refractivity contribution in [1.82, 2.24) is 4.90 Å². The van der Waals surface area contributed by atoms with Crippen molar-refractivity contribution < 1.29 is 23.8 Å². The van der Waals surface area contributed by atoms with Crippen molar-refractivity contribution in [1.29, 1.82) is 0 Å². The van der Waals surface area contributed by atoms with E-state index in [1.165, 1.54) is 30.2 Å². The number of aliphatic hydroxyl groups is 1. The summed E-state index contributed by atoms with van der Waals surface area (Å²) in [5, 5.41) is 11.5. The first kappa shape index (κ1) is 22.6. The number of hydrogen-bond donors (Lipinski definition) is 1. The Morgan fingerprint density at radius 3 is 2.42 bits per heavy atom. The molecule has 0 bridgehead atoms. The van der Waals surface area contributed by atoms with Gasteiger partial charge in [-0.2, -0.15) is 0 Å². The molecular weight excluding hydrogens is 445 g/mol. The summed E-state index contributed by atoms with van der Waals surface area (Å²) in [7, 11) is 1.45. The van der Waals surface area contributed by atoms with Crippen LogP contribution in [0.4, 0.5) is 4.39 Å². The number of ether oxygens (including phenoxy) is 1. The van der Waals surface area contributed by atoms with Gasteiger partial charge in [0.15, 0.2) is 0 Å². The lowest BCUT2D eigenvalue weighted by molar-refractivity contribution is -0.139. The van der Waals surface area contributed by atoms with Gasteiger partial charge in [0.25, 0.3) is 11.7 Å². The molecule has 5 nitrogen and oxygen atoms in total. The SMILES string of the molecule is COc1cc(/C(O)=C2/C(=O)C(=O)N(CCc3ccc(F)cc3)C2c2ccccc2)ccc1Cl. The third-order valence-electron chi connectivity index (χ3n) is 5.63. The molecule has 1 atom stereocenters. The van der Waals surface area contributed by atoms with Gasteiger partial charge in [-0.1, -0.05) is 54.1 Å². The standard InChI is InChI=1S/C26H21ClFNO4/c1-33-21-15-18(9-12-20(21)27)24(30)22-23(17-5-3-2-4-6-17)29(26(32)25(22)31)14-13-16-7-10-19(28)11-8-16/h2-12,15,23,30H,13-14H2,1H3/b24-22-. The second-order valence-corrected chi connectivity index (χ2v) is 8.04. The van der Waals surface area contributed by atoms with Gasteiger partial charge in [-0.25, -0.2) is 4.39 Å². The number of amides is 1. The molecule has 0 aliphatic carbocycles. The fourth-order valence-electron chi connectivity index (χ4n) is 3.96. The maximum absolute atomic E-state index is 13.2. The number of carbonyl (C=O) groups is 2. The first-order valence-corrected chi connectivity index (χ1v) is 10.7. The van der Waals surface area contributed by atoms with Gasteiger partial charge in [0, 0.05) is 12.1 Å². The lowest BCUT2D eigenvalue weighted by Gasteiger charge is -2.25. The molecule has 3 aromatic rings. The minimum Gasteiger partial charge on any atom is -0.507 e. The predicted molar refractivity (Wildman–Crippen MR) is 124 cm³/mol. The fourth-order valence-corrected chi connectivity index (χ4v) is 4.15. The van der Waals surface area contributed by atoms with Crippen LogP contribution in [-0.2, 0) is 16.0 Å². The maximum atomic E-state index is 13.2. The normalized spacial score (nSPS) is 17.4. The largest absolute Gasteiger partial charge is 0.507 e. The van der Waals surface area contributed by atoms with E-state index in [9.17, 15) is 19.1 Å². The maximum Gasteiger partial charge on any atom is 0.295 e. The Balaban J connectivity index is 1.77. The van der Waals surface area contributed by atoms with Crippen LogP contribution in [0.5, 0.6) is 5.75 Å². The first-order chi connectivity index (χ1) is 15.9. The van der Waals surface area contributed by atoms with Crippen LogP contribution in [0, 0.1) is 5.82 Å². The minimum absolute atomic E-state index is 0.00492. The summed E-state index contributed by atoms with van der Waals surface area (Å²) in [6.45, 7) is 0.219. The molecule has 0 spiro atoms. The van der Waals surface area contributed by atoms with Crippen LogP contribution in [0.3, 0.4) is 0 Å². The van der Waals surface area contributed by atoms with E-state index in [0.29, 0.717) is 28.3 Å². The Bertz CT molecular complexity index is 1220. The summed E-state index contributed by atoms with van der Waals surface area (Å²) in [6, 6.07) is 18.9. The number of ketones is 1. The number of nitrogens with zero attached hydrogens (tertiary/aromatic N) is 1. The second kappa shape index (κ2) is 9.46. The van der Waals surface area contributed by atoms with Gasteiger partial charge >= 0.3 is 0 Å². The molecule has 1 aliphatic rings. The van der Waals surface area contributed by atoms with E-state index in [-0.39, 0.29) is 23.7 Å². The highest BCUT2D eigenvalue weighted by molar-refractivity contribution is 6.46. The highest BCUT2D eigenvalue weighted by Crippen LogP contribution is 2.40. The van der Waals surface area contributed by atoms with Gasteiger partial charge in [0.1, 0.15) is 17.3 Å². The van der Waals surface area contributed by atoms with Gasteiger partial charge in [-0.3, -0.25) is 9.59 Å². The van der Waals surface area contributed by atoms with E-state index in [1.54, 1.807) is 48.5 Å². The molecule has 0 saturated carbocycles. The molecular formula is C26H21ClFNO4. The molecule has 33 heavy (non-hydrogen) atoms. The number of methoxy groups -OCH3 is 1. The minimum atomic E-state index is -0.770. The summed E-state index contributed by atoms with van der Waals surface area (Å²) < 4.78 is 18.5. The summed E-state index contributed by atoms with van der Waals surface area (Å²) >= 11 is 6.09. The van der Waals surface area contributed by atoms with Crippen molar-refractivity contribution in [2.45, 2.75) is 12.5 Å². The van der Waals surface area contributed by atoms with Crippen molar-refractivity contribution in [2.24, 2.45) is 0 Å². The number of hydrogen-bond acceptors (Lipinski definition) is 4. The molecule has 1 N–H and O–H groups in total. The molecule has 7 heteroatoms. The highest BCUT2D eigenvalue weighted by Gasteiger charge is 2.45. The molecule has 1 saturated heterocycles. The van der Waals surface area contributed by atoms with Crippen LogP contribution >= 0.6 is 11.6 Å². The number of benzene rings is 3. The molecule has 1 fully saturated rings. The van der Waals surface area contributed by atoms with Crippen molar-refractivity contribution in [3.8, 4) is 5.75 Å². The van der Waals surface area contributed by atoms with Crippen LogP contribution in [0.15, 0.2) is 78.4 Å². The predicted octanol–water partition coefficient (Wildman–Crippen LogP) is 5.15. The van der Waals surface area contributed by atoms with Gasteiger partial charge in [0.2, 0.25) is 0 Å². The van der Waals surface area contributed by atoms with E-state index in [4.69, 9.17) is 16.3 Å². The van der Waals surface area contributed by atoms with E-state index in [0.717, 1.165) is 5.56 Å². The molecule has 0 aromatic heterocycles. The topological polar surface area (TPSA) is 66.8 Å². The van der Waals surface area contributed by atoms with E-state index in [2.05, 4.69) is 0 Å². The van der Waals surface area contributed by atoms with Gasteiger partial charge in [-0.05, 0) is 47.9 Å². The monoisotopic (exact) mass is 465 g/mol. The molecule has 1 heterocycles. The molecule has 3 aromatic carbocycles. The Morgan fingerprint density at radius 1 is 1.06 bits per heavy atom. The third kappa shape index (κ3) is 4.47. The number of Topliss-reactive ketones (excluding diaryl/α,β-unsaturated/α-hetero) is 1. The average molecular weight is 466 g/mol. The summed E-state index contributed by atoms with van der Waals surface area (Å²) in [5.41, 5.74) is 1.83. The number of aliphatic hydroxyl groups excluding tert-OH is 1. The Kier molecular flexibility index (Phi) is 6.47. The van der Waals surface area contributed by atoms with E-state index in [1.807, 2.05) is 6.07 Å². The molecule has 168 valence electrons. The van der Waals surface area contributed by atoms with Crippen molar-refractivity contribution >= 4 is 29.1 Å². The van der Waals surface area contributed by atoms with Gasteiger partial charge < -0.3 is 14.7 Å². The molecule has 1 aliphatic heterocycles. The van der Waals surface area contributed by atoms with Gasteiger partial charge in [0.05, 0.1) is 23.7 Å². The Morgan fingerprint density at radius 2 is 1.76 bits per heavy atom. The highest BCUT2D eigenvalue weighted by atomic mass is 35.5. The first-order valence-electron chi connectivity index (χ1n) is 10.3. The fraction of sp³-hybridized carbons (Fsp3) is 0.154. The molecule has 1 amide bonds. The van der Waals surface area contributed by atoms with Crippen molar-refractivity contribution in [3.63, 3.8) is 0 Å². The molecule has 1 unspecified atom stereocenters. The third-order valence-corrected chi connectivity index (χ3v) is 5.95. The summed E-state index contributed by atoms with van der Waals surface area (Å²) in [6.07, 6.45) is 0.422. The molecule has 0 radical (unpaired) electrons. The number of likely N-dealkylation sites (tertiary alicyclic amines) is 1. The lowest BCUT2D eigenvalue weighted by atomic mass is 9.95. The molecule has 4 rings (SSSR count). The van der Waals surface area contributed by atoms with Crippen molar-refractivity contribution in [3.05, 3.63) is 106 Å². The number of halogens is 2. The van der Waals surface area contributed by atoms with E-state index < -0.39 is 17.7 Å².